The number of nitrogens with zero attached hydrogens (tertiary/aromatic N) is 6. The number of allylic oxidation sites excluding steroid dienone is 1. The first-order valence-corrected chi connectivity index (χ1v) is 11.4. The minimum Gasteiger partial charge on any atom is -0.412 e. The summed E-state index contributed by atoms with van der Waals surface area (Å²) >= 11 is 3.53. The fourth-order valence-electron chi connectivity index (χ4n) is 4.39. The average molecular weight is 536 g/mol. The Labute approximate surface area is 213 Å². The molecule has 14 heteroatoms. The third-order valence-corrected chi connectivity index (χ3v) is 6.07. The van der Waals surface area contributed by atoms with Gasteiger partial charge in [-0.25, -0.2) is 24.3 Å². The van der Waals surface area contributed by atoms with Crippen molar-refractivity contribution in [1.29, 1.82) is 0 Å². The van der Waals surface area contributed by atoms with E-state index in [4.69, 9.17) is 5.73 Å². The van der Waals surface area contributed by atoms with E-state index in [0.29, 0.717) is 24.5 Å². The highest BCUT2D eigenvalue weighted by Crippen LogP contribution is 2.42. The zero-order chi connectivity index (χ0) is 25.3. The van der Waals surface area contributed by atoms with Crippen molar-refractivity contribution in [1.82, 2.24) is 24.3 Å². The van der Waals surface area contributed by atoms with Crippen molar-refractivity contribution in [2.75, 3.05) is 30.8 Å². The second-order valence-electron chi connectivity index (χ2n) is 8.17. The zero-order valence-corrected chi connectivity index (χ0v) is 21.0. The first-order valence-electron chi connectivity index (χ1n) is 10.5. The van der Waals surface area contributed by atoms with Crippen molar-refractivity contribution < 1.29 is 29.9 Å². The third kappa shape index (κ3) is 5.61. The van der Waals surface area contributed by atoms with E-state index in [0.717, 1.165) is 12.4 Å². The molecule has 0 aliphatic carbocycles. The molecule has 1 fully saturated rings. The van der Waals surface area contributed by atoms with Crippen molar-refractivity contribution in [3.63, 3.8) is 0 Å². The van der Waals surface area contributed by atoms with Crippen LogP contribution in [0.1, 0.15) is 21.0 Å². The normalized spacial score (nSPS) is 21.6. The molecule has 0 radical (unpaired) electrons. The summed E-state index contributed by atoms with van der Waals surface area (Å²) in [6, 6.07) is 1.68. The molecule has 0 saturated carbocycles. The lowest BCUT2D eigenvalue weighted by molar-refractivity contribution is -0.141. The van der Waals surface area contributed by atoms with Crippen LogP contribution < -0.4 is 10.6 Å². The maximum Gasteiger partial charge on any atom is 0.434 e. The van der Waals surface area contributed by atoms with E-state index in [1.807, 2.05) is 11.8 Å². The number of piperidine rings is 1. The van der Waals surface area contributed by atoms with Crippen LogP contribution in [-0.2, 0) is 6.18 Å². The van der Waals surface area contributed by atoms with E-state index in [1.165, 1.54) is 16.8 Å². The van der Waals surface area contributed by atoms with Crippen LogP contribution in [0.15, 0.2) is 43.0 Å². The smallest absolute Gasteiger partial charge is 0.412 e. The highest BCUT2D eigenvalue weighted by molar-refractivity contribution is 7.79. The summed E-state index contributed by atoms with van der Waals surface area (Å²) in [5.41, 5.74) is 4.23. The molecule has 4 heterocycles. The standard InChI is InChI=1S/C21H23F4N7.CH4S.2H2O.H2/c1-12(2)20(22)13(3)9-31(10-14(20)6-26)17-4-5-27-19(30-17)15-7-29-18-8-28-16(11-32(15)18)21(23,24)25;1-2;;;/h4-5,7-8,11,13-14H,1,6,9-10,26H2,2-3H3;2H,1H3;2*1H2;1H/t13-,14+,20?;;;;/m0..../s1. The van der Waals surface area contributed by atoms with Crippen molar-refractivity contribution in [2.45, 2.75) is 25.7 Å². The number of alkyl halides is 4. The second-order valence-corrected chi connectivity index (χ2v) is 8.17. The van der Waals surface area contributed by atoms with Gasteiger partial charge in [0, 0.05) is 45.3 Å². The molecule has 9 nitrogen and oxygen atoms in total. The Morgan fingerprint density at radius 1 is 1.22 bits per heavy atom. The molecule has 36 heavy (non-hydrogen) atoms. The molecule has 3 aromatic rings. The summed E-state index contributed by atoms with van der Waals surface area (Å²) in [5, 5.41) is 0. The van der Waals surface area contributed by atoms with Gasteiger partial charge in [-0.3, -0.25) is 4.40 Å². The Morgan fingerprint density at radius 2 is 1.89 bits per heavy atom. The number of fused-ring (bicyclic) bond motifs is 1. The molecule has 3 atom stereocenters. The number of nitrogens with two attached hydrogens (primary N) is 1. The number of anilines is 1. The summed E-state index contributed by atoms with van der Waals surface area (Å²) in [6.07, 6.45) is 1.92. The van der Waals surface area contributed by atoms with Crippen molar-refractivity contribution in [3.8, 4) is 11.5 Å². The van der Waals surface area contributed by atoms with Gasteiger partial charge in [-0.05, 0) is 24.8 Å². The number of hydrogen-bond donors (Lipinski definition) is 2. The summed E-state index contributed by atoms with van der Waals surface area (Å²) < 4.78 is 56.3. The van der Waals surface area contributed by atoms with E-state index in [1.54, 1.807) is 19.2 Å². The molecule has 4 rings (SSSR count). The van der Waals surface area contributed by atoms with Crippen LogP contribution >= 0.6 is 12.6 Å². The molecular formula is C22H33F4N7O2S. The van der Waals surface area contributed by atoms with Gasteiger partial charge in [0.1, 0.15) is 17.2 Å². The summed E-state index contributed by atoms with van der Waals surface area (Å²) in [7, 11) is 0. The van der Waals surface area contributed by atoms with Crippen LogP contribution in [0, 0.1) is 11.8 Å². The molecular weight excluding hydrogens is 502 g/mol. The SMILES string of the molecule is C=C(C)C1(F)[C@H](CN)CN(c2ccnc(-c3cnc4cnc(C(F)(F)F)cn34)n2)C[C@@H]1C.CS.O.O.[HH]. The van der Waals surface area contributed by atoms with Gasteiger partial charge in [0.05, 0.1) is 12.4 Å². The molecule has 0 amide bonds. The van der Waals surface area contributed by atoms with Crippen LogP contribution in [0.2, 0.25) is 0 Å². The number of hydrogen-bond acceptors (Lipinski definition) is 7. The summed E-state index contributed by atoms with van der Waals surface area (Å²) in [5.74, 6) is -0.123. The molecule has 0 aromatic carbocycles. The minimum absolute atomic E-state index is 0. The van der Waals surface area contributed by atoms with Gasteiger partial charge >= 0.3 is 6.18 Å². The van der Waals surface area contributed by atoms with E-state index in [-0.39, 0.29) is 42.0 Å². The summed E-state index contributed by atoms with van der Waals surface area (Å²) in [6.45, 7) is 8.16. The lowest BCUT2D eigenvalue weighted by Crippen LogP contribution is -2.57. The lowest BCUT2D eigenvalue weighted by Gasteiger charge is -2.47. The largest absolute Gasteiger partial charge is 0.434 e. The quantitative estimate of drug-likeness (QED) is 0.298. The van der Waals surface area contributed by atoms with Gasteiger partial charge in [0.25, 0.3) is 0 Å². The lowest BCUT2D eigenvalue weighted by atomic mass is 9.72. The Balaban J connectivity index is 0.00000253. The van der Waals surface area contributed by atoms with Gasteiger partial charge in [-0.2, -0.15) is 25.8 Å². The van der Waals surface area contributed by atoms with Gasteiger partial charge in [0.15, 0.2) is 17.2 Å². The van der Waals surface area contributed by atoms with E-state index in [9.17, 15) is 13.2 Å². The van der Waals surface area contributed by atoms with Gasteiger partial charge in [-0.1, -0.05) is 13.5 Å². The predicted molar refractivity (Wildman–Crippen MR) is 136 cm³/mol. The first-order chi connectivity index (χ1) is 16.1. The van der Waals surface area contributed by atoms with Crippen LogP contribution in [0.3, 0.4) is 0 Å². The van der Waals surface area contributed by atoms with Crippen LogP contribution in [0.5, 0.6) is 0 Å². The van der Waals surface area contributed by atoms with Crippen molar-refractivity contribution in [2.24, 2.45) is 17.6 Å². The summed E-state index contributed by atoms with van der Waals surface area (Å²) in [4.78, 5) is 18.2. The molecule has 1 aliphatic rings. The number of aromatic nitrogens is 5. The monoisotopic (exact) mass is 535 g/mol. The zero-order valence-electron chi connectivity index (χ0n) is 20.1. The Kier molecular flexibility index (Phi) is 10.4. The molecule has 1 unspecified atom stereocenters. The molecule has 0 bridgehead atoms. The second kappa shape index (κ2) is 12.0. The van der Waals surface area contributed by atoms with Gasteiger partial charge < -0.3 is 21.6 Å². The fourth-order valence-corrected chi connectivity index (χ4v) is 4.39. The average Bonchev–Trinajstić information content (AvgIpc) is 3.25. The fraction of sp³-hybridized carbons (Fsp3) is 0.455. The van der Waals surface area contributed by atoms with Crippen LogP contribution in [0.4, 0.5) is 23.4 Å². The molecule has 3 aromatic heterocycles. The highest BCUT2D eigenvalue weighted by Gasteiger charge is 2.49. The predicted octanol–water partition coefficient (Wildman–Crippen LogP) is 2.66. The molecule has 0 spiro atoms. The molecule has 1 aliphatic heterocycles. The van der Waals surface area contributed by atoms with E-state index >= 15 is 4.39 Å². The van der Waals surface area contributed by atoms with Gasteiger partial charge in [-0.15, -0.1) is 0 Å². The minimum atomic E-state index is -4.60. The van der Waals surface area contributed by atoms with Crippen molar-refractivity contribution in [3.05, 3.63) is 48.7 Å². The molecule has 1 saturated heterocycles. The Bertz CT molecular complexity index is 1180. The van der Waals surface area contributed by atoms with Crippen molar-refractivity contribution >= 4 is 24.1 Å². The number of thiol groups is 1. The maximum atomic E-state index is 15.7. The topological polar surface area (TPSA) is 148 Å². The van der Waals surface area contributed by atoms with E-state index < -0.39 is 23.5 Å². The van der Waals surface area contributed by atoms with E-state index in [2.05, 4.69) is 39.1 Å². The van der Waals surface area contributed by atoms with Crippen LogP contribution in [0.25, 0.3) is 17.2 Å². The third-order valence-electron chi connectivity index (χ3n) is 6.07. The Morgan fingerprint density at radius 3 is 2.47 bits per heavy atom. The number of imidazole rings is 1. The van der Waals surface area contributed by atoms with Gasteiger partial charge in [0.2, 0.25) is 0 Å². The molecule has 202 valence electrons. The van der Waals surface area contributed by atoms with Crippen LogP contribution in [-0.4, -0.2) is 66.8 Å². The first kappa shape index (κ1) is 31.2. The number of rotatable bonds is 4. The number of halogens is 4. The highest BCUT2D eigenvalue weighted by atomic mass is 32.1. The maximum absolute atomic E-state index is 15.7. The Hall–Kier alpha value is -2.81. The molecule has 6 N–H and O–H groups in total.